The molecule has 0 atom stereocenters. The van der Waals surface area contributed by atoms with E-state index >= 15 is 0 Å². The standard InChI is InChI=1S/C12H12N2O2S/c1-8-6-10(9(2)16-8)7-13-14-12(15)11-4-3-5-17-11/h3-7H,1-2H3,(H,14,15)/b13-7-. The lowest BCUT2D eigenvalue weighted by atomic mass is 10.3. The summed E-state index contributed by atoms with van der Waals surface area (Å²) in [5.41, 5.74) is 3.34. The van der Waals surface area contributed by atoms with Gasteiger partial charge < -0.3 is 4.42 Å². The highest BCUT2D eigenvalue weighted by Gasteiger charge is 2.04. The van der Waals surface area contributed by atoms with Crippen LogP contribution in [0.2, 0.25) is 0 Å². The minimum absolute atomic E-state index is 0.200. The van der Waals surface area contributed by atoms with Gasteiger partial charge in [0.05, 0.1) is 11.1 Å². The van der Waals surface area contributed by atoms with Gasteiger partial charge in [-0.25, -0.2) is 5.43 Å². The van der Waals surface area contributed by atoms with Crippen LogP contribution in [0, 0.1) is 13.8 Å². The number of amides is 1. The average molecular weight is 248 g/mol. The number of thiophene rings is 1. The third-order valence-electron chi connectivity index (χ3n) is 2.19. The first kappa shape index (κ1) is 11.6. The smallest absolute Gasteiger partial charge is 0.281 e. The molecule has 0 unspecified atom stereocenters. The topological polar surface area (TPSA) is 54.6 Å². The molecule has 5 heteroatoms. The van der Waals surface area contributed by atoms with Crippen LogP contribution in [0.25, 0.3) is 0 Å². The Morgan fingerprint density at radius 2 is 2.35 bits per heavy atom. The van der Waals surface area contributed by atoms with E-state index in [1.807, 2.05) is 31.4 Å². The van der Waals surface area contributed by atoms with Crippen molar-refractivity contribution in [3.05, 3.63) is 45.5 Å². The highest BCUT2D eigenvalue weighted by atomic mass is 32.1. The van der Waals surface area contributed by atoms with Crippen molar-refractivity contribution in [2.75, 3.05) is 0 Å². The van der Waals surface area contributed by atoms with Crippen LogP contribution < -0.4 is 5.43 Å². The van der Waals surface area contributed by atoms with Crippen LogP contribution >= 0.6 is 11.3 Å². The van der Waals surface area contributed by atoms with Crippen molar-refractivity contribution in [3.63, 3.8) is 0 Å². The number of nitrogens with zero attached hydrogens (tertiary/aromatic N) is 1. The zero-order valence-corrected chi connectivity index (χ0v) is 10.4. The predicted molar refractivity (Wildman–Crippen MR) is 67.6 cm³/mol. The molecular formula is C12H12N2O2S. The van der Waals surface area contributed by atoms with Crippen molar-refractivity contribution in [2.24, 2.45) is 5.10 Å². The second-order valence-electron chi connectivity index (χ2n) is 3.55. The van der Waals surface area contributed by atoms with Gasteiger partial charge in [-0.15, -0.1) is 11.3 Å². The quantitative estimate of drug-likeness (QED) is 0.670. The first-order valence-electron chi connectivity index (χ1n) is 5.11. The molecule has 0 aliphatic heterocycles. The van der Waals surface area contributed by atoms with Crippen molar-refractivity contribution < 1.29 is 9.21 Å². The molecule has 2 rings (SSSR count). The lowest BCUT2D eigenvalue weighted by Gasteiger charge is -1.94. The van der Waals surface area contributed by atoms with E-state index in [2.05, 4.69) is 10.5 Å². The number of carbonyl (C=O) groups excluding carboxylic acids is 1. The number of hydrogen-bond acceptors (Lipinski definition) is 4. The molecule has 0 saturated heterocycles. The van der Waals surface area contributed by atoms with Crippen molar-refractivity contribution in [1.82, 2.24) is 5.43 Å². The second kappa shape index (κ2) is 4.97. The number of furan rings is 1. The van der Waals surface area contributed by atoms with Gasteiger partial charge in [0.2, 0.25) is 0 Å². The highest BCUT2D eigenvalue weighted by molar-refractivity contribution is 7.12. The molecule has 1 N–H and O–H groups in total. The molecule has 0 aliphatic carbocycles. The molecule has 0 spiro atoms. The van der Waals surface area contributed by atoms with E-state index in [0.717, 1.165) is 17.1 Å². The van der Waals surface area contributed by atoms with Crippen molar-refractivity contribution in [3.8, 4) is 0 Å². The molecule has 0 saturated carbocycles. The molecule has 2 aromatic rings. The van der Waals surface area contributed by atoms with Crippen LogP contribution in [-0.2, 0) is 0 Å². The lowest BCUT2D eigenvalue weighted by molar-refractivity contribution is 0.0959. The Balaban J connectivity index is 1.99. The summed E-state index contributed by atoms with van der Waals surface area (Å²) in [7, 11) is 0. The van der Waals surface area contributed by atoms with Crippen molar-refractivity contribution in [1.29, 1.82) is 0 Å². The molecule has 0 aromatic carbocycles. The van der Waals surface area contributed by atoms with E-state index in [1.54, 1.807) is 12.3 Å². The Morgan fingerprint density at radius 3 is 2.94 bits per heavy atom. The summed E-state index contributed by atoms with van der Waals surface area (Å²) < 4.78 is 5.34. The summed E-state index contributed by atoms with van der Waals surface area (Å²) in [6, 6.07) is 5.45. The molecule has 2 heterocycles. The van der Waals surface area contributed by atoms with Crippen LogP contribution in [0.5, 0.6) is 0 Å². The Hall–Kier alpha value is -1.88. The van der Waals surface area contributed by atoms with Gasteiger partial charge >= 0.3 is 0 Å². The van der Waals surface area contributed by atoms with Gasteiger partial charge in [0.1, 0.15) is 11.5 Å². The van der Waals surface area contributed by atoms with E-state index in [9.17, 15) is 4.79 Å². The van der Waals surface area contributed by atoms with Gasteiger partial charge in [-0.2, -0.15) is 5.10 Å². The van der Waals surface area contributed by atoms with E-state index < -0.39 is 0 Å². The summed E-state index contributed by atoms with van der Waals surface area (Å²) in [5, 5.41) is 5.74. The van der Waals surface area contributed by atoms with Crippen molar-refractivity contribution in [2.45, 2.75) is 13.8 Å². The number of hydrazone groups is 1. The molecule has 2 aromatic heterocycles. The molecule has 0 fully saturated rings. The minimum atomic E-state index is -0.200. The average Bonchev–Trinajstić information content (AvgIpc) is 2.89. The SMILES string of the molecule is Cc1cc(/C=N\NC(=O)c2cccs2)c(C)o1. The maximum atomic E-state index is 11.5. The van der Waals surface area contributed by atoms with Gasteiger partial charge in [0.25, 0.3) is 5.91 Å². The molecule has 88 valence electrons. The number of rotatable bonds is 3. The molecular weight excluding hydrogens is 236 g/mol. The molecule has 17 heavy (non-hydrogen) atoms. The summed E-state index contributed by atoms with van der Waals surface area (Å²) >= 11 is 1.38. The summed E-state index contributed by atoms with van der Waals surface area (Å²) in [5.74, 6) is 1.42. The van der Waals surface area contributed by atoms with E-state index in [1.165, 1.54) is 11.3 Å². The van der Waals surface area contributed by atoms with Crippen LogP contribution in [-0.4, -0.2) is 12.1 Å². The Morgan fingerprint density at radius 1 is 1.53 bits per heavy atom. The molecule has 0 radical (unpaired) electrons. The van der Waals surface area contributed by atoms with Crippen LogP contribution in [0.3, 0.4) is 0 Å². The summed E-state index contributed by atoms with van der Waals surface area (Å²) in [4.78, 5) is 12.2. The van der Waals surface area contributed by atoms with Gasteiger partial charge in [-0.05, 0) is 31.4 Å². The molecule has 1 amide bonds. The number of aryl methyl sites for hydroxylation is 2. The number of nitrogens with one attached hydrogen (secondary N) is 1. The Bertz CT molecular complexity index is 541. The lowest BCUT2D eigenvalue weighted by Crippen LogP contribution is -2.16. The largest absolute Gasteiger partial charge is 0.466 e. The van der Waals surface area contributed by atoms with Crippen LogP contribution in [0.4, 0.5) is 0 Å². The summed E-state index contributed by atoms with van der Waals surface area (Å²) in [6.07, 6.45) is 1.58. The molecule has 0 aliphatic rings. The fourth-order valence-corrected chi connectivity index (χ4v) is 2.02. The molecule has 4 nitrogen and oxygen atoms in total. The minimum Gasteiger partial charge on any atom is -0.466 e. The van der Waals surface area contributed by atoms with Crippen molar-refractivity contribution >= 4 is 23.5 Å². The van der Waals surface area contributed by atoms with Gasteiger partial charge in [0.15, 0.2) is 0 Å². The monoisotopic (exact) mass is 248 g/mol. The van der Waals surface area contributed by atoms with Gasteiger partial charge in [-0.3, -0.25) is 4.79 Å². The first-order chi connectivity index (χ1) is 8.16. The van der Waals surface area contributed by atoms with E-state index in [4.69, 9.17) is 4.42 Å². The second-order valence-corrected chi connectivity index (χ2v) is 4.49. The zero-order valence-electron chi connectivity index (χ0n) is 9.56. The maximum absolute atomic E-state index is 11.5. The van der Waals surface area contributed by atoms with Gasteiger partial charge in [0, 0.05) is 5.56 Å². The highest BCUT2D eigenvalue weighted by Crippen LogP contribution is 2.11. The molecule has 0 bridgehead atoms. The predicted octanol–water partition coefficient (Wildman–Crippen LogP) is 2.72. The normalized spacial score (nSPS) is 10.9. The fourth-order valence-electron chi connectivity index (χ4n) is 1.40. The number of hydrogen-bond donors (Lipinski definition) is 1. The van der Waals surface area contributed by atoms with Crippen LogP contribution in [0.1, 0.15) is 26.8 Å². The van der Waals surface area contributed by atoms with Gasteiger partial charge in [-0.1, -0.05) is 6.07 Å². The summed E-state index contributed by atoms with van der Waals surface area (Å²) in [6.45, 7) is 3.73. The zero-order chi connectivity index (χ0) is 12.3. The fraction of sp³-hybridized carbons (Fsp3) is 0.167. The maximum Gasteiger partial charge on any atom is 0.281 e. The van der Waals surface area contributed by atoms with E-state index in [-0.39, 0.29) is 5.91 Å². The number of carbonyl (C=O) groups is 1. The van der Waals surface area contributed by atoms with E-state index in [0.29, 0.717) is 4.88 Å². The van der Waals surface area contributed by atoms with Crippen LogP contribution in [0.15, 0.2) is 33.1 Å². The third-order valence-corrected chi connectivity index (χ3v) is 3.06. The Kier molecular flexibility index (Phi) is 3.39. The first-order valence-corrected chi connectivity index (χ1v) is 5.99. The Labute approximate surface area is 103 Å². The third kappa shape index (κ3) is 2.82.